The molecular weight excluding hydrogens is 526 g/mol. The smallest absolute Gasteiger partial charge is 0.394 e. The number of aromatic amines is 1. The molecule has 3 rings (SSSR count). The highest BCUT2D eigenvalue weighted by Gasteiger charge is 2.48. The topological polar surface area (TPSA) is 277 Å². The Bertz CT molecular complexity index is 1090. The molecule has 0 amide bonds. The van der Waals surface area contributed by atoms with Gasteiger partial charge in [0.2, 0.25) is 0 Å². The third-order valence-electron chi connectivity index (χ3n) is 5.03. The Morgan fingerprint density at radius 3 is 2.34 bits per heavy atom. The number of rotatable bonds is 9. The van der Waals surface area contributed by atoms with Crippen LogP contribution in [-0.2, 0) is 32.0 Å². The second-order valence-corrected chi connectivity index (χ2v) is 10.6. The largest absolute Gasteiger partial charge is 0.486 e. The van der Waals surface area contributed by atoms with Gasteiger partial charge in [-0.25, -0.2) is 13.9 Å². The van der Waals surface area contributed by atoms with Crippen molar-refractivity contribution in [3.63, 3.8) is 0 Å². The van der Waals surface area contributed by atoms with Gasteiger partial charge in [-0.1, -0.05) is 0 Å². The number of hydrogen-bond donors (Lipinski definition) is 8. The van der Waals surface area contributed by atoms with Crippen molar-refractivity contribution in [2.75, 3.05) is 13.2 Å². The summed E-state index contributed by atoms with van der Waals surface area (Å²) in [6, 6.07) is 0.943. The van der Waals surface area contributed by atoms with Gasteiger partial charge in [-0.05, 0) is 0 Å². The maximum Gasteiger partial charge on any atom is 0.486 e. The minimum absolute atomic E-state index is 0.562. The van der Waals surface area contributed by atoms with Gasteiger partial charge in [-0.3, -0.25) is 23.4 Å². The predicted molar refractivity (Wildman–Crippen MR) is 107 cm³/mol. The van der Waals surface area contributed by atoms with Crippen molar-refractivity contribution in [2.45, 2.75) is 55.6 Å². The van der Waals surface area contributed by atoms with Crippen molar-refractivity contribution in [2.24, 2.45) is 0 Å². The first kappa shape index (κ1) is 28.2. The summed E-state index contributed by atoms with van der Waals surface area (Å²) >= 11 is 0. The monoisotopic (exact) mass is 550 g/mol. The number of aliphatic hydroxyl groups is 5. The van der Waals surface area contributed by atoms with Gasteiger partial charge in [0.1, 0.15) is 30.5 Å². The standard InChI is InChI=1S/C15H24N2O16P2/c18-4-7-11(21)6(19)3-10(30-7)32-35(28,33-34(25,26)27)29-5-8-12(22)13(23)14(31-8)17-2-1-9(20)16-15(17)24/h1-2,6-8,10-14,18-19,21-23H,3-5H2,(H,16,20,24)(H2,25,26,27)/t6-,7-,8+,10+,11+,12?,13?,14+,35?/m1/s1. The molecule has 0 saturated carbocycles. The van der Waals surface area contributed by atoms with Crippen LogP contribution in [0.15, 0.2) is 21.9 Å². The van der Waals surface area contributed by atoms with Crippen molar-refractivity contribution in [1.29, 1.82) is 0 Å². The molecule has 8 N–H and O–H groups in total. The van der Waals surface area contributed by atoms with Crippen LogP contribution < -0.4 is 11.2 Å². The predicted octanol–water partition coefficient (Wildman–Crippen LogP) is -3.76. The first-order chi connectivity index (χ1) is 16.2. The molecule has 0 spiro atoms. The first-order valence-electron chi connectivity index (χ1n) is 9.88. The zero-order valence-corrected chi connectivity index (χ0v) is 19.3. The van der Waals surface area contributed by atoms with Crippen molar-refractivity contribution in [3.8, 4) is 0 Å². The number of ether oxygens (including phenoxy) is 2. The summed E-state index contributed by atoms with van der Waals surface area (Å²) in [6.45, 7) is -1.76. The van der Waals surface area contributed by atoms with Crippen LogP contribution in [0.4, 0.5) is 0 Å². The van der Waals surface area contributed by atoms with E-state index in [0.29, 0.717) is 0 Å². The van der Waals surface area contributed by atoms with Gasteiger partial charge in [0.15, 0.2) is 12.5 Å². The molecule has 1 aromatic heterocycles. The Kier molecular flexibility index (Phi) is 8.84. The summed E-state index contributed by atoms with van der Waals surface area (Å²) in [5, 5.41) is 49.3. The zero-order chi connectivity index (χ0) is 26.1. The fourth-order valence-electron chi connectivity index (χ4n) is 3.37. The summed E-state index contributed by atoms with van der Waals surface area (Å²) < 4.78 is 49.3. The van der Waals surface area contributed by atoms with E-state index in [2.05, 4.69) is 4.31 Å². The third kappa shape index (κ3) is 6.91. The van der Waals surface area contributed by atoms with Gasteiger partial charge in [0, 0.05) is 18.7 Å². The molecule has 18 nitrogen and oxygen atoms in total. The van der Waals surface area contributed by atoms with Gasteiger partial charge >= 0.3 is 21.3 Å². The molecule has 2 saturated heterocycles. The van der Waals surface area contributed by atoms with E-state index in [9.17, 15) is 44.3 Å². The lowest BCUT2D eigenvalue weighted by atomic mass is 10.0. The average Bonchev–Trinajstić information content (AvgIpc) is 3.02. The fourth-order valence-corrected chi connectivity index (χ4v) is 5.57. The van der Waals surface area contributed by atoms with Crippen molar-refractivity contribution in [1.82, 2.24) is 9.55 Å². The molecule has 35 heavy (non-hydrogen) atoms. The molecule has 20 heteroatoms. The summed E-state index contributed by atoms with van der Waals surface area (Å²) in [5.74, 6) is 0. The number of nitrogens with zero attached hydrogens (tertiary/aromatic N) is 1. The first-order valence-corrected chi connectivity index (χ1v) is 12.9. The lowest BCUT2D eigenvalue weighted by Gasteiger charge is -2.36. The van der Waals surface area contributed by atoms with Crippen LogP contribution >= 0.6 is 15.6 Å². The van der Waals surface area contributed by atoms with E-state index in [-0.39, 0.29) is 0 Å². The summed E-state index contributed by atoms with van der Waals surface area (Å²) in [6.07, 6.45) is -12.4. The lowest BCUT2D eigenvalue weighted by molar-refractivity contribution is -0.234. The molecule has 0 bridgehead atoms. The minimum Gasteiger partial charge on any atom is -0.394 e. The number of phosphoric ester groups is 1. The van der Waals surface area contributed by atoms with Crippen LogP contribution in [-0.4, -0.2) is 101 Å². The van der Waals surface area contributed by atoms with E-state index in [1.165, 1.54) is 0 Å². The lowest BCUT2D eigenvalue weighted by Crippen LogP contribution is -2.50. The quantitative estimate of drug-likeness (QED) is 0.137. The van der Waals surface area contributed by atoms with Gasteiger partial charge in [-0.15, -0.1) is 0 Å². The molecular formula is C15H24N2O16P2. The van der Waals surface area contributed by atoms with Crippen LogP contribution in [0, 0.1) is 0 Å². The van der Waals surface area contributed by atoms with Gasteiger partial charge in [-0.2, -0.15) is 4.31 Å². The Morgan fingerprint density at radius 2 is 1.74 bits per heavy atom. The molecule has 0 radical (unpaired) electrons. The van der Waals surface area contributed by atoms with E-state index in [1.54, 1.807) is 0 Å². The van der Waals surface area contributed by atoms with E-state index >= 15 is 0 Å². The highest BCUT2D eigenvalue weighted by Crippen LogP contribution is 2.62. The van der Waals surface area contributed by atoms with Crippen LogP contribution in [0.3, 0.4) is 0 Å². The van der Waals surface area contributed by atoms with Crippen molar-refractivity contribution < 1.29 is 67.3 Å². The van der Waals surface area contributed by atoms with Crippen LogP contribution in [0.25, 0.3) is 0 Å². The summed E-state index contributed by atoms with van der Waals surface area (Å²) in [4.78, 5) is 43.3. The number of phosphoric acid groups is 2. The Morgan fingerprint density at radius 1 is 1.06 bits per heavy atom. The molecule has 1 aromatic rings. The fraction of sp³-hybridized carbons (Fsp3) is 0.733. The number of hydrogen-bond acceptors (Lipinski definition) is 14. The third-order valence-corrected chi connectivity index (χ3v) is 7.64. The highest BCUT2D eigenvalue weighted by molar-refractivity contribution is 7.61. The Balaban J connectivity index is 1.74. The van der Waals surface area contributed by atoms with Crippen LogP contribution in [0.5, 0.6) is 0 Å². The second-order valence-electron chi connectivity index (χ2n) is 7.56. The van der Waals surface area contributed by atoms with Crippen molar-refractivity contribution in [3.05, 3.63) is 33.1 Å². The summed E-state index contributed by atoms with van der Waals surface area (Å²) in [5.41, 5.74) is -1.72. The molecule has 3 unspecified atom stereocenters. The Labute approximate surface area is 195 Å². The molecule has 0 aromatic carbocycles. The van der Waals surface area contributed by atoms with Crippen LogP contribution in [0.1, 0.15) is 12.6 Å². The molecule has 2 aliphatic rings. The zero-order valence-electron chi connectivity index (χ0n) is 17.5. The van der Waals surface area contributed by atoms with Crippen molar-refractivity contribution >= 4 is 15.6 Å². The number of nitrogens with one attached hydrogen (secondary N) is 1. The molecule has 2 aliphatic heterocycles. The highest BCUT2D eigenvalue weighted by atomic mass is 31.3. The van der Waals surface area contributed by atoms with E-state index in [4.69, 9.17) is 28.3 Å². The van der Waals surface area contributed by atoms with Gasteiger partial charge in [0.25, 0.3) is 5.56 Å². The van der Waals surface area contributed by atoms with Crippen LogP contribution in [0.2, 0.25) is 0 Å². The minimum atomic E-state index is -5.53. The second kappa shape index (κ2) is 11.0. The SMILES string of the molecule is O=c1ccn([C@H]2O[C@@H](COP(=O)(O[C@H]3C[C@@H](O)[C@H](O)[C@@H](CO)O3)OP(=O)(O)O)C(O)C2O)c(=O)[nH]1. The Hall–Kier alpha value is -1.34. The van der Waals surface area contributed by atoms with E-state index in [0.717, 1.165) is 16.8 Å². The number of aromatic nitrogens is 2. The van der Waals surface area contributed by atoms with Gasteiger partial charge < -0.3 is 44.8 Å². The molecule has 3 heterocycles. The molecule has 0 aliphatic carbocycles. The molecule has 200 valence electrons. The van der Waals surface area contributed by atoms with Gasteiger partial charge in [0.05, 0.1) is 19.3 Å². The normalized spacial score (nSPS) is 35.6. The molecule has 9 atom stereocenters. The number of aliphatic hydroxyl groups excluding tert-OH is 5. The molecule has 2 fully saturated rings. The van der Waals surface area contributed by atoms with E-state index in [1.807, 2.05) is 4.98 Å². The van der Waals surface area contributed by atoms with E-state index < -0.39 is 95.7 Å². The number of H-pyrrole nitrogens is 1. The maximum absolute atomic E-state index is 12.9. The average molecular weight is 550 g/mol. The summed E-state index contributed by atoms with van der Waals surface area (Å²) in [7, 11) is -10.8. The maximum atomic E-state index is 12.9.